The van der Waals surface area contributed by atoms with Crippen LogP contribution in [0.15, 0.2) is 0 Å². The maximum atomic E-state index is 3.29. The number of hydrogen-bond donors (Lipinski definition) is 1. The van der Waals surface area contributed by atoms with Crippen LogP contribution in [0.2, 0.25) is 0 Å². The van der Waals surface area contributed by atoms with E-state index < -0.39 is 0 Å². The Morgan fingerprint density at radius 2 is 1.38 bits per heavy atom. The highest BCUT2D eigenvalue weighted by Gasteiger charge is 1.97. The first kappa shape index (κ1) is 15.9. The molecule has 0 radical (unpaired) electrons. The van der Waals surface area contributed by atoms with Gasteiger partial charge in [-0.3, -0.25) is 0 Å². The number of nitrogens with one attached hydrogen (secondary N) is 1. The van der Waals surface area contributed by atoms with Crippen molar-refractivity contribution in [3.8, 4) is 0 Å². The highest BCUT2D eigenvalue weighted by atomic mass is 15.0. The van der Waals surface area contributed by atoms with Crippen LogP contribution < -0.4 is 5.32 Å². The van der Waals surface area contributed by atoms with Gasteiger partial charge in [0.15, 0.2) is 0 Å². The van der Waals surface area contributed by atoms with Crippen molar-refractivity contribution in [2.75, 3.05) is 27.7 Å². The third-order valence-corrected chi connectivity index (χ3v) is 3.24. The van der Waals surface area contributed by atoms with Crippen LogP contribution in [0.4, 0.5) is 0 Å². The molecule has 0 aliphatic carbocycles. The Hall–Kier alpha value is -0.0800. The van der Waals surface area contributed by atoms with Gasteiger partial charge in [0.2, 0.25) is 0 Å². The summed E-state index contributed by atoms with van der Waals surface area (Å²) < 4.78 is 0. The van der Waals surface area contributed by atoms with Gasteiger partial charge in [-0.2, -0.15) is 0 Å². The minimum atomic E-state index is 0.695. The van der Waals surface area contributed by atoms with E-state index in [0.29, 0.717) is 6.04 Å². The van der Waals surface area contributed by atoms with E-state index in [1.165, 1.54) is 57.9 Å². The molecular formula is C14H32N2. The lowest BCUT2D eigenvalue weighted by Gasteiger charge is -2.09. The quantitative estimate of drug-likeness (QED) is 0.546. The van der Waals surface area contributed by atoms with Crippen LogP contribution in [0.5, 0.6) is 0 Å². The first-order chi connectivity index (χ1) is 7.66. The number of unbranched alkanes of at least 4 members (excludes halogenated alkanes) is 6. The van der Waals surface area contributed by atoms with Crippen molar-refractivity contribution in [3.63, 3.8) is 0 Å². The fourth-order valence-electron chi connectivity index (χ4n) is 1.91. The summed E-state index contributed by atoms with van der Waals surface area (Å²) >= 11 is 0. The number of rotatable bonds is 11. The summed E-state index contributed by atoms with van der Waals surface area (Å²) in [5.74, 6) is 0. The molecule has 98 valence electrons. The van der Waals surface area contributed by atoms with Crippen molar-refractivity contribution in [1.29, 1.82) is 0 Å². The Morgan fingerprint density at radius 3 is 1.88 bits per heavy atom. The number of hydrogen-bond acceptors (Lipinski definition) is 2. The molecule has 0 aromatic carbocycles. The highest BCUT2D eigenvalue weighted by molar-refractivity contribution is 4.57. The third kappa shape index (κ3) is 12.0. The molecule has 0 spiro atoms. The second kappa shape index (κ2) is 11.4. The molecule has 0 aliphatic heterocycles. The van der Waals surface area contributed by atoms with Crippen LogP contribution in [-0.2, 0) is 0 Å². The fraction of sp³-hybridized carbons (Fsp3) is 1.00. The zero-order valence-electron chi connectivity index (χ0n) is 11.9. The van der Waals surface area contributed by atoms with Gasteiger partial charge in [-0.15, -0.1) is 0 Å². The summed E-state index contributed by atoms with van der Waals surface area (Å²) in [7, 11) is 6.36. The van der Waals surface area contributed by atoms with Gasteiger partial charge >= 0.3 is 0 Å². The van der Waals surface area contributed by atoms with Crippen LogP contribution in [0, 0.1) is 0 Å². The van der Waals surface area contributed by atoms with Crippen LogP contribution in [0.25, 0.3) is 0 Å². The van der Waals surface area contributed by atoms with Crippen molar-refractivity contribution in [2.24, 2.45) is 0 Å². The van der Waals surface area contributed by atoms with Gasteiger partial charge in [0.1, 0.15) is 0 Å². The molecule has 0 saturated carbocycles. The maximum absolute atomic E-state index is 3.29. The molecule has 1 atom stereocenters. The first-order valence-corrected chi connectivity index (χ1v) is 6.98. The zero-order valence-corrected chi connectivity index (χ0v) is 11.9. The van der Waals surface area contributed by atoms with Gasteiger partial charge < -0.3 is 10.2 Å². The predicted molar refractivity (Wildman–Crippen MR) is 74.0 cm³/mol. The van der Waals surface area contributed by atoms with E-state index in [9.17, 15) is 0 Å². The standard InChI is InChI=1S/C14H32N2/c1-14(15-2)12-10-8-6-5-7-9-11-13-16(3)4/h14-15H,5-13H2,1-4H3. The molecule has 1 N–H and O–H groups in total. The minimum Gasteiger partial charge on any atom is -0.317 e. The lowest BCUT2D eigenvalue weighted by Crippen LogP contribution is -2.20. The van der Waals surface area contributed by atoms with E-state index >= 15 is 0 Å². The van der Waals surface area contributed by atoms with Gasteiger partial charge in [0.05, 0.1) is 0 Å². The summed E-state index contributed by atoms with van der Waals surface area (Å²) in [6.45, 7) is 3.51. The van der Waals surface area contributed by atoms with E-state index in [2.05, 4.69) is 38.3 Å². The topological polar surface area (TPSA) is 15.3 Å². The van der Waals surface area contributed by atoms with Crippen LogP contribution in [0.3, 0.4) is 0 Å². The summed E-state index contributed by atoms with van der Waals surface area (Å²) in [6, 6.07) is 0.695. The van der Waals surface area contributed by atoms with Gasteiger partial charge in [-0.05, 0) is 47.5 Å². The summed E-state index contributed by atoms with van der Waals surface area (Å²) in [5.41, 5.74) is 0. The largest absolute Gasteiger partial charge is 0.317 e. The lowest BCUT2D eigenvalue weighted by atomic mass is 10.1. The Bertz CT molecular complexity index is 135. The average molecular weight is 228 g/mol. The summed E-state index contributed by atoms with van der Waals surface area (Å²) in [5, 5.41) is 3.29. The van der Waals surface area contributed by atoms with Crippen molar-refractivity contribution in [1.82, 2.24) is 10.2 Å². The Balaban J connectivity index is 2.99. The normalized spacial score (nSPS) is 13.3. The third-order valence-electron chi connectivity index (χ3n) is 3.24. The lowest BCUT2D eigenvalue weighted by molar-refractivity contribution is 0.389. The van der Waals surface area contributed by atoms with Crippen LogP contribution in [-0.4, -0.2) is 38.6 Å². The van der Waals surface area contributed by atoms with E-state index in [0.717, 1.165) is 0 Å². The van der Waals surface area contributed by atoms with Gasteiger partial charge in [-0.25, -0.2) is 0 Å². The molecule has 2 nitrogen and oxygen atoms in total. The smallest absolute Gasteiger partial charge is 0.00357 e. The first-order valence-electron chi connectivity index (χ1n) is 6.98. The van der Waals surface area contributed by atoms with E-state index in [1.807, 2.05) is 0 Å². The predicted octanol–water partition coefficient (Wildman–Crippen LogP) is 3.28. The molecule has 0 aliphatic rings. The zero-order chi connectivity index (χ0) is 12.2. The van der Waals surface area contributed by atoms with Crippen molar-refractivity contribution in [2.45, 2.75) is 64.3 Å². The molecule has 0 rings (SSSR count). The van der Waals surface area contributed by atoms with Gasteiger partial charge in [-0.1, -0.05) is 38.5 Å². The molecule has 0 amide bonds. The molecule has 1 unspecified atom stereocenters. The van der Waals surface area contributed by atoms with Crippen LogP contribution in [0.1, 0.15) is 58.3 Å². The maximum Gasteiger partial charge on any atom is 0.00357 e. The molecule has 2 heteroatoms. The van der Waals surface area contributed by atoms with E-state index in [4.69, 9.17) is 0 Å². The molecule has 0 aromatic rings. The molecule has 0 heterocycles. The van der Waals surface area contributed by atoms with E-state index in [1.54, 1.807) is 0 Å². The SMILES string of the molecule is CNC(C)CCCCCCCCCN(C)C. The molecule has 16 heavy (non-hydrogen) atoms. The van der Waals surface area contributed by atoms with Crippen molar-refractivity contribution in [3.05, 3.63) is 0 Å². The van der Waals surface area contributed by atoms with Gasteiger partial charge in [0.25, 0.3) is 0 Å². The molecule has 0 saturated heterocycles. The molecule has 0 fully saturated rings. The van der Waals surface area contributed by atoms with E-state index in [-0.39, 0.29) is 0 Å². The second-order valence-corrected chi connectivity index (χ2v) is 5.26. The summed E-state index contributed by atoms with van der Waals surface area (Å²) in [4.78, 5) is 2.28. The Kier molecular flexibility index (Phi) is 11.3. The highest BCUT2D eigenvalue weighted by Crippen LogP contribution is 2.09. The minimum absolute atomic E-state index is 0.695. The Labute approximate surface area is 103 Å². The fourth-order valence-corrected chi connectivity index (χ4v) is 1.91. The second-order valence-electron chi connectivity index (χ2n) is 5.26. The molecule has 0 aromatic heterocycles. The van der Waals surface area contributed by atoms with Crippen molar-refractivity contribution < 1.29 is 0 Å². The molecule has 0 bridgehead atoms. The van der Waals surface area contributed by atoms with Crippen LogP contribution >= 0.6 is 0 Å². The number of nitrogens with zero attached hydrogens (tertiary/aromatic N) is 1. The molecular weight excluding hydrogens is 196 g/mol. The summed E-state index contributed by atoms with van der Waals surface area (Å²) in [6.07, 6.45) is 11.2. The Morgan fingerprint density at radius 1 is 0.875 bits per heavy atom. The average Bonchev–Trinajstić information content (AvgIpc) is 2.26. The van der Waals surface area contributed by atoms with Crippen molar-refractivity contribution >= 4 is 0 Å². The monoisotopic (exact) mass is 228 g/mol. The van der Waals surface area contributed by atoms with Gasteiger partial charge in [0, 0.05) is 6.04 Å².